The van der Waals surface area contributed by atoms with Crippen molar-refractivity contribution in [1.82, 2.24) is 5.32 Å². The quantitative estimate of drug-likeness (QED) is 0.431. The van der Waals surface area contributed by atoms with E-state index >= 15 is 0 Å². The molecule has 1 amide bonds. The van der Waals surface area contributed by atoms with Crippen molar-refractivity contribution < 1.29 is 9.53 Å². The first kappa shape index (κ1) is 7.57. The summed E-state index contributed by atoms with van der Waals surface area (Å²) in [6.07, 6.45) is 5.28. The number of hydrogen-bond acceptors (Lipinski definition) is 2. The number of carbonyl (C=O) groups is 1. The number of alkyl carbamates (subject to hydrolysis) is 1. The van der Waals surface area contributed by atoms with Gasteiger partial charge in [-0.15, -0.1) is 6.42 Å². The average molecular weight is 125 g/mol. The highest BCUT2D eigenvalue weighted by Gasteiger charge is 1.92. The van der Waals surface area contributed by atoms with E-state index in [1.54, 1.807) is 0 Å². The van der Waals surface area contributed by atoms with Crippen molar-refractivity contribution in [3.05, 3.63) is 12.8 Å². The molecule has 1 N–H and O–H groups in total. The van der Waals surface area contributed by atoms with Crippen LogP contribution >= 0.6 is 0 Å². The minimum Gasteiger partial charge on any atom is -0.419 e. The van der Waals surface area contributed by atoms with Gasteiger partial charge in [0.1, 0.15) is 0 Å². The number of rotatable bonds is 2. The second-order valence-corrected chi connectivity index (χ2v) is 1.13. The summed E-state index contributed by atoms with van der Waals surface area (Å²) >= 11 is 0. The summed E-state index contributed by atoms with van der Waals surface area (Å²) < 4.78 is 4.26. The lowest BCUT2D eigenvalue weighted by atomic mass is 10.7. The summed E-state index contributed by atoms with van der Waals surface area (Å²) in [5, 5.41) is 2.26. The van der Waals surface area contributed by atoms with Crippen molar-refractivity contribution in [2.75, 3.05) is 6.54 Å². The third-order valence-electron chi connectivity index (χ3n) is 0.525. The Balaban J connectivity index is 3.29. The first-order valence-corrected chi connectivity index (χ1v) is 2.30. The highest BCUT2D eigenvalue weighted by atomic mass is 16.5. The molecule has 0 aliphatic carbocycles. The molecule has 0 spiro atoms. The smallest absolute Gasteiger partial charge is 0.412 e. The largest absolute Gasteiger partial charge is 0.419 e. The zero-order chi connectivity index (χ0) is 7.11. The van der Waals surface area contributed by atoms with Crippen molar-refractivity contribution in [2.45, 2.75) is 0 Å². The average Bonchev–Trinajstić information content (AvgIpc) is 1.85. The Hall–Kier alpha value is -1.43. The summed E-state index contributed by atoms with van der Waals surface area (Å²) in [6.45, 7) is 3.35. The number of ether oxygens (including phenoxy) is 1. The SMILES string of the molecule is C#CCNC(=O)OC=C. The molecule has 3 heteroatoms. The predicted octanol–water partition coefficient (Wildman–Crippen LogP) is 0.489. The molecular formula is C6H7NO2. The fourth-order valence-electron chi connectivity index (χ4n) is 0.241. The lowest BCUT2D eigenvalue weighted by Gasteiger charge is -1.95. The molecule has 0 fully saturated rings. The van der Waals surface area contributed by atoms with Gasteiger partial charge in [-0.1, -0.05) is 12.5 Å². The van der Waals surface area contributed by atoms with Crippen LogP contribution in [0.4, 0.5) is 4.79 Å². The Bertz CT molecular complexity index is 146. The van der Waals surface area contributed by atoms with Gasteiger partial charge in [-0.05, 0) is 0 Å². The van der Waals surface area contributed by atoms with Gasteiger partial charge in [-0.25, -0.2) is 4.79 Å². The minimum atomic E-state index is -0.581. The van der Waals surface area contributed by atoms with Crippen LogP contribution in [0.1, 0.15) is 0 Å². The fourth-order valence-corrected chi connectivity index (χ4v) is 0.241. The molecule has 0 aliphatic rings. The Kier molecular flexibility index (Phi) is 3.97. The number of carbonyl (C=O) groups excluding carboxylic acids is 1. The summed E-state index contributed by atoms with van der Waals surface area (Å²) in [6, 6.07) is 0. The molecule has 48 valence electrons. The third-order valence-corrected chi connectivity index (χ3v) is 0.525. The molecule has 0 unspecified atom stereocenters. The van der Waals surface area contributed by atoms with Gasteiger partial charge in [0.2, 0.25) is 0 Å². The van der Waals surface area contributed by atoms with Crippen LogP contribution < -0.4 is 5.32 Å². The van der Waals surface area contributed by atoms with Crippen LogP contribution in [0.3, 0.4) is 0 Å². The highest BCUT2D eigenvalue weighted by molar-refractivity contribution is 5.67. The van der Waals surface area contributed by atoms with E-state index in [-0.39, 0.29) is 6.54 Å². The first-order chi connectivity index (χ1) is 4.31. The van der Waals surface area contributed by atoms with E-state index in [0.717, 1.165) is 6.26 Å². The molecule has 0 heterocycles. The summed E-state index contributed by atoms with van der Waals surface area (Å²) in [7, 11) is 0. The van der Waals surface area contributed by atoms with Crippen LogP contribution in [0.15, 0.2) is 12.8 Å². The Morgan fingerprint density at radius 3 is 3.11 bits per heavy atom. The van der Waals surface area contributed by atoms with Gasteiger partial charge in [-0.3, -0.25) is 0 Å². The zero-order valence-corrected chi connectivity index (χ0v) is 4.89. The van der Waals surface area contributed by atoms with E-state index in [1.165, 1.54) is 0 Å². The number of hydrogen-bond donors (Lipinski definition) is 1. The molecule has 0 aromatic rings. The fraction of sp³-hybridized carbons (Fsp3) is 0.167. The molecule has 0 saturated heterocycles. The third kappa shape index (κ3) is 4.42. The Morgan fingerprint density at radius 1 is 2.00 bits per heavy atom. The molecule has 0 aromatic heterocycles. The van der Waals surface area contributed by atoms with Gasteiger partial charge >= 0.3 is 6.09 Å². The van der Waals surface area contributed by atoms with Crippen LogP contribution in [-0.4, -0.2) is 12.6 Å². The molecule has 3 nitrogen and oxygen atoms in total. The van der Waals surface area contributed by atoms with Crippen LogP contribution in [0.2, 0.25) is 0 Å². The second-order valence-electron chi connectivity index (χ2n) is 1.13. The molecule has 0 bridgehead atoms. The standard InChI is InChI=1S/C6H7NO2/c1-3-5-7-6(8)9-4-2/h1,4H,2,5H2,(H,7,8). The van der Waals surface area contributed by atoms with Gasteiger partial charge in [-0.2, -0.15) is 0 Å². The van der Waals surface area contributed by atoms with Gasteiger partial charge < -0.3 is 10.1 Å². The molecule has 0 rings (SSSR count). The number of nitrogens with one attached hydrogen (secondary N) is 1. The summed E-state index contributed by atoms with van der Waals surface area (Å²) in [5.41, 5.74) is 0. The second kappa shape index (κ2) is 4.72. The zero-order valence-electron chi connectivity index (χ0n) is 4.89. The monoisotopic (exact) mass is 125 g/mol. The normalized spacial score (nSPS) is 7.00. The Morgan fingerprint density at radius 2 is 2.67 bits per heavy atom. The molecular weight excluding hydrogens is 118 g/mol. The summed E-state index contributed by atoms with van der Waals surface area (Å²) in [5.74, 6) is 2.21. The van der Waals surface area contributed by atoms with E-state index in [2.05, 4.69) is 22.6 Å². The molecule has 9 heavy (non-hydrogen) atoms. The number of amides is 1. The maximum atomic E-state index is 10.3. The lowest BCUT2D eigenvalue weighted by Crippen LogP contribution is -2.22. The van der Waals surface area contributed by atoms with Crippen molar-refractivity contribution in [3.63, 3.8) is 0 Å². The van der Waals surface area contributed by atoms with E-state index in [1.807, 2.05) is 0 Å². The molecule has 0 aromatic carbocycles. The molecule has 0 saturated carbocycles. The van der Waals surface area contributed by atoms with Gasteiger partial charge in [0.15, 0.2) is 0 Å². The van der Waals surface area contributed by atoms with Gasteiger partial charge in [0.05, 0.1) is 12.8 Å². The Labute approximate surface area is 53.7 Å². The van der Waals surface area contributed by atoms with E-state index < -0.39 is 6.09 Å². The highest BCUT2D eigenvalue weighted by Crippen LogP contribution is 1.73. The minimum absolute atomic E-state index is 0.173. The predicted molar refractivity (Wildman–Crippen MR) is 33.5 cm³/mol. The van der Waals surface area contributed by atoms with Crippen molar-refractivity contribution >= 4 is 6.09 Å². The first-order valence-electron chi connectivity index (χ1n) is 2.30. The van der Waals surface area contributed by atoms with Crippen molar-refractivity contribution in [2.24, 2.45) is 0 Å². The number of terminal acetylenes is 1. The van der Waals surface area contributed by atoms with Crippen LogP contribution in [0, 0.1) is 12.3 Å². The maximum absolute atomic E-state index is 10.3. The van der Waals surface area contributed by atoms with Crippen molar-refractivity contribution in [3.8, 4) is 12.3 Å². The van der Waals surface area contributed by atoms with Gasteiger partial charge in [0, 0.05) is 0 Å². The van der Waals surface area contributed by atoms with Crippen LogP contribution in [-0.2, 0) is 4.74 Å². The lowest BCUT2D eigenvalue weighted by molar-refractivity contribution is 0.187. The maximum Gasteiger partial charge on any atom is 0.412 e. The topological polar surface area (TPSA) is 38.3 Å². The van der Waals surface area contributed by atoms with Crippen molar-refractivity contribution in [1.29, 1.82) is 0 Å². The van der Waals surface area contributed by atoms with Gasteiger partial charge in [0.25, 0.3) is 0 Å². The molecule has 0 atom stereocenters. The van der Waals surface area contributed by atoms with E-state index in [4.69, 9.17) is 6.42 Å². The van der Waals surface area contributed by atoms with Crippen LogP contribution in [0.5, 0.6) is 0 Å². The van der Waals surface area contributed by atoms with Crippen LogP contribution in [0.25, 0.3) is 0 Å². The summed E-state index contributed by atoms with van der Waals surface area (Å²) in [4.78, 5) is 10.3. The van der Waals surface area contributed by atoms with E-state index in [0.29, 0.717) is 0 Å². The van der Waals surface area contributed by atoms with E-state index in [9.17, 15) is 4.79 Å². The molecule has 0 aliphatic heterocycles. The molecule has 0 radical (unpaired) electrons.